The van der Waals surface area contributed by atoms with Crippen molar-refractivity contribution in [2.45, 2.75) is 3.74 Å². The number of halogens is 2. The van der Waals surface area contributed by atoms with Crippen molar-refractivity contribution < 1.29 is 10.1 Å². The molecule has 0 fully saturated rings. The fourth-order valence-electron chi connectivity index (χ4n) is 1.01. The predicted octanol–water partition coefficient (Wildman–Crippen LogP) is 2.89. The fraction of sp³-hybridized carbons (Fsp3) is 0.125. The fourth-order valence-corrected chi connectivity index (χ4v) is 1.72. The molecule has 0 saturated carbocycles. The van der Waals surface area contributed by atoms with Crippen molar-refractivity contribution in [3.05, 3.63) is 39.9 Å². The number of rotatable bonds is 3. The van der Waals surface area contributed by atoms with Gasteiger partial charge in [0.1, 0.15) is 9.45 Å². The van der Waals surface area contributed by atoms with Gasteiger partial charge in [-0.25, -0.2) is 0 Å². The lowest BCUT2D eigenvalue weighted by atomic mass is 10.1. The monoisotopic (exact) mass is 336 g/mol. The van der Waals surface area contributed by atoms with Gasteiger partial charge in [-0.3, -0.25) is 10.1 Å². The quantitative estimate of drug-likeness (QED) is 0.303. The van der Waals surface area contributed by atoms with Gasteiger partial charge in [-0.05, 0) is 0 Å². The van der Waals surface area contributed by atoms with Gasteiger partial charge in [0.2, 0.25) is 0 Å². The Morgan fingerprint density at radius 1 is 1.53 bits per heavy atom. The first kappa shape index (κ1) is 12.1. The molecule has 0 radical (unpaired) electrons. The van der Waals surface area contributed by atoms with E-state index in [2.05, 4.69) is 37.0 Å². The number of benzene rings is 1. The molecule has 1 N–H and O–H groups in total. The van der Waals surface area contributed by atoms with Gasteiger partial charge in [0.25, 0.3) is 5.69 Å². The van der Waals surface area contributed by atoms with Crippen molar-refractivity contribution in [2.75, 3.05) is 0 Å². The third-order valence-corrected chi connectivity index (χ3v) is 2.53. The highest BCUT2D eigenvalue weighted by Crippen LogP contribution is 2.20. The Kier molecular flexibility index (Phi) is 4.22. The molecule has 15 heavy (non-hydrogen) atoms. The Morgan fingerprint density at radius 3 is 2.67 bits per heavy atom. The van der Waals surface area contributed by atoms with E-state index in [-0.39, 0.29) is 15.1 Å². The van der Waals surface area contributed by atoms with Crippen LogP contribution in [0.1, 0.15) is 5.56 Å². The van der Waals surface area contributed by atoms with E-state index in [1.807, 2.05) is 0 Å². The first-order valence-corrected chi connectivity index (χ1v) is 5.64. The number of nitro groups is 1. The van der Waals surface area contributed by atoms with Crippen LogP contribution >= 0.6 is 31.9 Å². The number of nitrogens with zero attached hydrogens (tertiary/aromatic N) is 2. The van der Waals surface area contributed by atoms with Crippen LogP contribution in [0.4, 0.5) is 5.69 Å². The standard InChI is InChI=1S/C8H6Br2N2O3/c9-8(10)7(11-13)5-2-1-3-6(4-5)12(14)15/h1-4,8,13H/b11-7-. The molecule has 1 rings (SSSR count). The molecule has 0 amide bonds. The first-order chi connectivity index (χ1) is 7.06. The molecule has 0 aromatic heterocycles. The maximum Gasteiger partial charge on any atom is 0.270 e. The molecule has 80 valence electrons. The minimum Gasteiger partial charge on any atom is -0.411 e. The van der Waals surface area contributed by atoms with Gasteiger partial charge in [0, 0.05) is 17.7 Å². The molecule has 0 aliphatic heterocycles. The van der Waals surface area contributed by atoms with Crippen LogP contribution in [0.25, 0.3) is 0 Å². The minimum atomic E-state index is -0.504. The summed E-state index contributed by atoms with van der Waals surface area (Å²) in [6.45, 7) is 0. The second kappa shape index (κ2) is 5.22. The molecule has 0 aliphatic carbocycles. The van der Waals surface area contributed by atoms with E-state index in [1.54, 1.807) is 6.07 Å². The van der Waals surface area contributed by atoms with E-state index < -0.39 is 4.92 Å². The predicted molar refractivity (Wildman–Crippen MR) is 63.1 cm³/mol. The van der Waals surface area contributed by atoms with E-state index in [0.29, 0.717) is 5.56 Å². The van der Waals surface area contributed by atoms with Crippen LogP contribution in [-0.4, -0.2) is 19.6 Å². The minimum absolute atomic E-state index is 0.0469. The van der Waals surface area contributed by atoms with Crippen LogP contribution < -0.4 is 0 Å². The number of hydrogen-bond acceptors (Lipinski definition) is 4. The number of oxime groups is 1. The topological polar surface area (TPSA) is 75.7 Å². The van der Waals surface area contributed by atoms with Gasteiger partial charge < -0.3 is 5.21 Å². The summed E-state index contributed by atoms with van der Waals surface area (Å²) in [5.41, 5.74) is 0.707. The maximum atomic E-state index is 10.5. The van der Waals surface area contributed by atoms with Gasteiger partial charge >= 0.3 is 0 Å². The molecule has 0 unspecified atom stereocenters. The van der Waals surface area contributed by atoms with Crippen LogP contribution in [0.15, 0.2) is 29.4 Å². The van der Waals surface area contributed by atoms with E-state index in [1.165, 1.54) is 18.2 Å². The molecule has 7 heteroatoms. The Hall–Kier alpha value is -0.950. The van der Waals surface area contributed by atoms with Gasteiger partial charge in [-0.15, -0.1) is 0 Å². The van der Waals surface area contributed by atoms with E-state index in [0.717, 1.165) is 0 Å². The third-order valence-electron chi connectivity index (χ3n) is 1.67. The molecule has 1 aromatic carbocycles. The Morgan fingerprint density at radius 2 is 2.20 bits per heavy atom. The molecule has 0 saturated heterocycles. The summed E-state index contributed by atoms with van der Waals surface area (Å²) in [6, 6.07) is 5.86. The zero-order chi connectivity index (χ0) is 11.4. The van der Waals surface area contributed by atoms with E-state index >= 15 is 0 Å². The Bertz CT molecular complexity index is 407. The Labute approximate surface area is 102 Å². The van der Waals surface area contributed by atoms with Crippen molar-refractivity contribution in [2.24, 2.45) is 5.16 Å². The maximum absolute atomic E-state index is 10.5. The summed E-state index contributed by atoms with van der Waals surface area (Å²) in [5, 5.41) is 22.3. The average molecular weight is 338 g/mol. The second-order valence-electron chi connectivity index (χ2n) is 2.59. The second-order valence-corrected chi connectivity index (χ2v) is 5.65. The summed E-state index contributed by atoms with van der Waals surface area (Å²) < 4.78 is -0.364. The lowest BCUT2D eigenvalue weighted by molar-refractivity contribution is -0.384. The molecule has 0 atom stereocenters. The lowest BCUT2D eigenvalue weighted by Gasteiger charge is -2.04. The largest absolute Gasteiger partial charge is 0.411 e. The average Bonchev–Trinajstić information content (AvgIpc) is 2.18. The van der Waals surface area contributed by atoms with E-state index in [9.17, 15) is 10.1 Å². The molecule has 0 spiro atoms. The number of hydrogen-bond donors (Lipinski definition) is 1. The first-order valence-electron chi connectivity index (χ1n) is 3.81. The lowest BCUT2D eigenvalue weighted by Crippen LogP contribution is -2.09. The van der Waals surface area contributed by atoms with Crippen LogP contribution in [0.5, 0.6) is 0 Å². The van der Waals surface area contributed by atoms with Crippen molar-refractivity contribution in [1.82, 2.24) is 0 Å². The summed E-state index contributed by atoms with van der Waals surface area (Å²) in [7, 11) is 0. The smallest absolute Gasteiger partial charge is 0.270 e. The van der Waals surface area contributed by atoms with Crippen molar-refractivity contribution in [3.63, 3.8) is 0 Å². The van der Waals surface area contributed by atoms with Crippen molar-refractivity contribution in [3.8, 4) is 0 Å². The number of alkyl halides is 2. The third kappa shape index (κ3) is 3.00. The number of nitro benzene ring substituents is 1. The molecular formula is C8H6Br2N2O3. The van der Waals surface area contributed by atoms with Crippen LogP contribution in [-0.2, 0) is 0 Å². The molecule has 0 bridgehead atoms. The molecule has 5 nitrogen and oxygen atoms in total. The molecule has 1 aromatic rings. The summed E-state index contributed by atoms with van der Waals surface area (Å²) in [6.07, 6.45) is 0. The molecular weight excluding hydrogens is 332 g/mol. The van der Waals surface area contributed by atoms with Crippen LogP contribution in [0, 0.1) is 10.1 Å². The van der Waals surface area contributed by atoms with Gasteiger partial charge in [-0.1, -0.05) is 49.1 Å². The SMILES string of the molecule is O=[N+]([O-])c1cccc(/C(=N/O)C(Br)Br)c1. The Balaban J connectivity index is 3.15. The van der Waals surface area contributed by atoms with E-state index in [4.69, 9.17) is 5.21 Å². The van der Waals surface area contributed by atoms with Gasteiger partial charge in [0.05, 0.1) is 4.92 Å². The highest BCUT2D eigenvalue weighted by molar-refractivity contribution is 9.25. The normalized spacial score (nSPS) is 11.8. The summed E-state index contributed by atoms with van der Waals surface area (Å²) >= 11 is 6.31. The van der Waals surface area contributed by atoms with Gasteiger partial charge in [0.15, 0.2) is 0 Å². The zero-order valence-corrected chi connectivity index (χ0v) is 10.5. The van der Waals surface area contributed by atoms with Crippen LogP contribution in [0.2, 0.25) is 0 Å². The summed E-state index contributed by atoms with van der Waals surface area (Å²) in [5.74, 6) is 0. The highest BCUT2D eigenvalue weighted by Gasteiger charge is 2.15. The highest BCUT2D eigenvalue weighted by atomic mass is 79.9. The van der Waals surface area contributed by atoms with Crippen molar-refractivity contribution in [1.29, 1.82) is 0 Å². The molecule has 0 aliphatic rings. The number of non-ortho nitro benzene ring substituents is 1. The van der Waals surface area contributed by atoms with Crippen LogP contribution in [0.3, 0.4) is 0 Å². The molecule has 0 heterocycles. The summed E-state index contributed by atoms with van der Waals surface area (Å²) in [4.78, 5) is 10.0. The van der Waals surface area contributed by atoms with Crippen molar-refractivity contribution >= 4 is 43.3 Å². The van der Waals surface area contributed by atoms with Gasteiger partial charge in [-0.2, -0.15) is 0 Å². The zero-order valence-electron chi connectivity index (χ0n) is 7.30.